The second kappa shape index (κ2) is 9.57. The molecule has 1 unspecified atom stereocenters. The molecular formula is C22H21FN4O2S2. The van der Waals surface area contributed by atoms with E-state index in [-0.39, 0.29) is 29.3 Å². The van der Waals surface area contributed by atoms with Crippen LogP contribution in [0.5, 0.6) is 0 Å². The fourth-order valence-electron chi connectivity index (χ4n) is 3.29. The molecule has 0 saturated carbocycles. The van der Waals surface area contributed by atoms with Gasteiger partial charge in [0.1, 0.15) is 10.8 Å². The van der Waals surface area contributed by atoms with Crippen molar-refractivity contribution in [3.05, 3.63) is 70.5 Å². The molecule has 0 radical (unpaired) electrons. The average molecular weight is 457 g/mol. The number of anilines is 2. The van der Waals surface area contributed by atoms with E-state index >= 15 is 0 Å². The van der Waals surface area contributed by atoms with Crippen LogP contribution in [0.15, 0.2) is 48.5 Å². The van der Waals surface area contributed by atoms with Gasteiger partial charge >= 0.3 is 0 Å². The van der Waals surface area contributed by atoms with Crippen LogP contribution in [0.1, 0.15) is 28.5 Å². The van der Waals surface area contributed by atoms with Gasteiger partial charge in [-0.25, -0.2) is 4.39 Å². The van der Waals surface area contributed by atoms with Gasteiger partial charge in [-0.05, 0) is 36.8 Å². The molecule has 6 nitrogen and oxygen atoms in total. The van der Waals surface area contributed by atoms with Crippen molar-refractivity contribution in [1.29, 1.82) is 0 Å². The van der Waals surface area contributed by atoms with Crippen molar-refractivity contribution < 1.29 is 14.0 Å². The molecule has 1 aliphatic rings. The lowest BCUT2D eigenvalue weighted by molar-refractivity contribution is -0.117. The van der Waals surface area contributed by atoms with Crippen molar-refractivity contribution in [2.24, 2.45) is 0 Å². The van der Waals surface area contributed by atoms with E-state index in [9.17, 15) is 14.0 Å². The zero-order chi connectivity index (χ0) is 21.8. The highest BCUT2D eigenvalue weighted by Crippen LogP contribution is 2.34. The van der Waals surface area contributed by atoms with E-state index in [0.717, 1.165) is 21.8 Å². The lowest BCUT2D eigenvalue weighted by Crippen LogP contribution is -2.24. The van der Waals surface area contributed by atoms with E-state index < -0.39 is 0 Å². The van der Waals surface area contributed by atoms with Gasteiger partial charge in [-0.2, -0.15) is 0 Å². The Morgan fingerprint density at radius 1 is 1.19 bits per heavy atom. The van der Waals surface area contributed by atoms with Crippen LogP contribution >= 0.6 is 23.1 Å². The number of nitrogens with one attached hydrogen (secondary N) is 1. The highest BCUT2D eigenvalue weighted by molar-refractivity contribution is 7.99. The summed E-state index contributed by atoms with van der Waals surface area (Å²) in [7, 11) is 0. The van der Waals surface area contributed by atoms with Gasteiger partial charge in [0, 0.05) is 30.3 Å². The number of rotatable bonds is 7. The summed E-state index contributed by atoms with van der Waals surface area (Å²) >= 11 is 2.75. The number of nitrogens with zero attached hydrogens (tertiary/aromatic N) is 3. The SMILES string of the molecule is Cc1ccc(N2CC(c3nnc(NC(=O)CSCc4ccc(F)cc4)s3)CC2=O)cc1. The summed E-state index contributed by atoms with van der Waals surface area (Å²) in [6, 6.07) is 14.1. The van der Waals surface area contributed by atoms with Crippen LogP contribution < -0.4 is 10.2 Å². The van der Waals surface area contributed by atoms with E-state index in [2.05, 4.69) is 15.5 Å². The number of amides is 2. The second-order valence-electron chi connectivity index (χ2n) is 7.35. The summed E-state index contributed by atoms with van der Waals surface area (Å²) in [5, 5.41) is 12.2. The third-order valence-corrected chi connectivity index (χ3v) is 6.93. The van der Waals surface area contributed by atoms with Crippen molar-refractivity contribution >= 4 is 45.7 Å². The maximum absolute atomic E-state index is 12.9. The van der Waals surface area contributed by atoms with Gasteiger partial charge < -0.3 is 4.90 Å². The van der Waals surface area contributed by atoms with Crippen molar-refractivity contribution in [3.8, 4) is 0 Å². The summed E-state index contributed by atoms with van der Waals surface area (Å²) in [5.74, 6) is 0.462. The Hall–Kier alpha value is -2.78. The topological polar surface area (TPSA) is 75.2 Å². The lowest BCUT2D eigenvalue weighted by Gasteiger charge is -2.16. The number of benzene rings is 2. The quantitative estimate of drug-likeness (QED) is 0.571. The Balaban J connectivity index is 1.29. The first-order valence-corrected chi connectivity index (χ1v) is 11.8. The molecule has 160 valence electrons. The van der Waals surface area contributed by atoms with Crippen LogP contribution in [0.2, 0.25) is 0 Å². The van der Waals surface area contributed by atoms with E-state index in [1.807, 2.05) is 31.2 Å². The number of hydrogen-bond donors (Lipinski definition) is 1. The number of thioether (sulfide) groups is 1. The summed E-state index contributed by atoms with van der Waals surface area (Å²) in [6.45, 7) is 2.56. The first kappa shape index (κ1) is 21.5. The molecule has 9 heteroatoms. The molecule has 2 amide bonds. The van der Waals surface area contributed by atoms with Gasteiger partial charge in [0.05, 0.1) is 5.75 Å². The zero-order valence-corrected chi connectivity index (χ0v) is 18.5. The maximum Gasteiger partial charge on any atom is 0.236 e. The summed E-state index contributed by atoms with van der Waals surface area (Å²) in [6.07, 6.45) is 0.379. The molecule has 0 spiro atoms. The predicted molar refractivity (Wildman–Crippen MR) is 122 cm³/mol. The smallest absolute Gasteiger partial charge is 0.236 e. The molecule has 2 aromatic carbocycles. The molecule has 1 fully saturated rings. The van der Waals surface area contributed by atoms with Gasteiger partial charge in [0.25, 0.3) is 0 Å². The fourth-order valence-corrected chi connectivity index (χ4v) is 4.93. The van der Waals surface area contributed by atoms with E-state index in [4.69, 9.17) is 0 Å². The first-order valence-electron chi connectivity index (χ1n) is 9.80. The summed E-state index contributed by atoms with van der Waals surface area (Å²) in [5.41, 5.74) is 2.99. The van der Waals surface area contributed by atoms with Crippen LogP contribution in [0.3, 0.4) is 0 Å². The highest BCUT2D eigenvalue weighted by atomic mass is 32.2. The normalized spacial score (nSPS) is 16.0. The minimum Gasteiger partial charge on any atom is -0.312 e. The molecule has 1 atom stereocenters. The zero-order valence-electron chi connectivity index (χ0n) is 16.9. The van der Waals surface area contributed by atoms with Crippen molar-refractivity contribution in [3.63, 3.8) is 0 Å². The Labute approximate surface area is 187 Å². The van der Waals surface area contributed by atoms with Crippen LogP contribution in [0, 0.1) is 12.7 Å². The molecule has 4 rings (SSSR count). The highest BCUT2D eigenvalue weighted by Gasteiger charge is 2.33. The average Bonchev–Trinajstić information content (AvgIpc) is 3.37. The molecule has 31 heavy (non-hydrogen) atoms. The molecule has 1 aromatic heterocycles. The predicted octanol–water partition coefficient (Wildman–Crippen LogP) is 4.38. The minimum absolute atomic E-state index is 0.0372. The number of aryl methyl sites for hydroxylation is 1. The Kier molecular flexibility index (Phi) is 6.62. The number of halogens is 1. The van der Waals surface area contributed by atoms with Crippen LogP contribution in [-0.2, 0) is 15.3 Å². The van der Waals surface area contributed by atoms with Crippen LogP contribution in [0.4, 0.5) is 15.2 Å². The molecule has 1 N–H and O–H groups in total. The number of carbonyl (C=O) groups excluding carboxylic acids is 2. The lowest BCUT2D eigenvalue weighted by atomic mass is 10.1. The molecule has 3 aromatic rings. The first-order chi connectivity index (χ1) is 15.0. The maximum atomic E-state index is 12.9. The van der Waals surface area contributed by atoms with Gasteiger partial charge in [0.2, 0.25) is 16.9 Å². The van der Waals surface area contributed by atoms with Gasteiger partial charge in [0.15, 0.2) is 0 Å². The summed E-state index contributed by atoms with van der Waals surface area (Å²) < 4.78 is 12.9. The molecule has 1 saturated heterocycles. The third-order valence-electron chi connectivity index (χ3n) is 4.92. The Morgan fingerprint density at radius 2 is 1.94 bits per heavy atom. The second-order valence-corrected chi connectivity index (χ2v) is 9.35. The molecule has 2 heterocycles. The van der Waals surface area contributed by atoms with Gasteiger partial charge in [-0.15, -0.1) is 22.0 Å². The number of hydrogen-bond acceptors (Lipinski definition) is 6. The third kappa shape index (κ3) is 5.48. The Morgan fingerprint density at radius 3 is 2.68 bits per heavy atom. The summed E-state index contributed by atoms with van der Waals surface area (Å²) in [4.78, 5) is 26.4. The standard InChI is InChI=1S/C22H21FN4O2S2/c1-14-2-8-18(9-3-14)27-11-16(10-20(27)29)21-25-26-22(31-21)24-19(28)13-30-12-15-4-6-17(23)7-5-15/h2-9,16H,10-13H2,1H3,(H,24,26,28). The van der Waals surface area contributed by atoms with E-state index in [1.165, 1.54) is 35.2 Å². The molecule has 0 bridgehead atoms. The molecule has 1 aliphatic heterocycles. The molecule has 0 aliphatic carbocycles. The van der Waals surface area contributed by atoms with E-state index in [1.54, 1.807) is 17.0 Å². The van der Waals surface area contributed by atoms with Gasteiger partial charge in [-0.1, -0.05) is 41.2 Å². The largest absolute Gasteiger partial charge is 0.312 e. The fraction of sp³-hybridized carbons (Fsp3) is 0.273. The van der Waals surface area contributed by atoms with Crippen molar-refractivity contribution in [2.75, 3.05) is 22.5 Å². The van der Waals surface area contributed by atoms with Crippen molar-refractivity contribution in [1.82, 2.24) is 10.2 Å². The number of carbonyl (C=O) groups is 2. The van der Waals surface area contributed by atoms with Crippen LogP contribution in [0.25, 0.3) is 0 Å². The minimum atomic E-state index is -0.274. The monoisotopic (exact) mass is 456 g/mol. The van der Waals surface area contributed by atoms with Crippen molar-refractivity contribution in [2.45, 2.75) is 25.0 Å². The Bertz CT molecular complexity index is 1070. The van der Waals surface area contributed by atoms with Gasteiger partial charge in [-0.3, -0.25) is 14.9 Å². The number of aromatic nitrogens is 2. The van der Waals surface area contributed by atoms with E-state index in [0.29, 0.717) is 23.8 Å². The van der Waals surface area contributed by atoms with Crippen LogP contribution in [-0.4, -0.2) is 34.3 Å². The molecular weight excluding hydrogens is 435 g/mol.